The molecule has 1 fully saturated rings. The Morgan fingerprint density at radius 3 is 2.81 bits per heavy atom. The monoisotopic (exact) mass is 438 g/mol. The fourth-order valence-corrected chi connectivity index (χ4v) is 4.12. The number of nitrogens with zero attached hydrogens (tertiary/aromatic N) is 5. The number of carbonyl (C=O) groups is 1. The smallest absolute Gasteiger partial charge is 0.289 e. The van der Waals surface area contributed by atoms with Crippen LogP contribution in [0.2, 0.25) is 5.02 Å². The molecule has 1 aliphatic rings. The van der Waals surface area contributed by atoms with Crippen molar-refractivity contribution in [3.63, 3.8) is 0 Å². The normalized spacial score (nSPS) is 14.9. The Bertz CT molecular complexity index is 1290. The number of aromatic nitrogens is 5. The van der Waals surface area contributed by atoms with Crippen LogP contribution in [0.5, 0.6) is 0 Å². The summed E-state index contributed by atoms with van der Waals surface area (Å²) in [7, 11) is 0. The second-order valence-electron chi connectivity index (χ2n) is 7.54. The van der Waals surface area contributed by atoms with Crippen molar-refractivity contribution in [2.24, 2.45) is 0 Å². The quantitative estimate of drug-likeness (QED) is 0.524. The molecule has 4 aromatic rings. The second-order valence-corrected chi connectivity index (χ2v) is 7.98. The minimum absolute atomic E-state index is 0.0345. The summed E-state index contributed by atoms with van der Waals surface area (Å²) < 4.78 is 6.81. The van der Waals surface area contributed by atoms with Gasteiger partial charge < -0.3 is 14.3 Å². The minimum Gasteiger partial charge on any atom is -0.459 e. The summed E-state index contributed by atoms with van der Waals surface area (Å²) in [6.45, 7) is 1.53. The van der Waals surface area contributed by atoms with Gasteiger partial charge in [0.25, 0.3) is 11.5 Å². The van der Waals surface area contributed by atoms with E-state index in [1.54, 1.807) is 27.8 Å². The second kappa shape index (κ2) is 7.99. The maximum Gasteiger partial charge on any atom is 0.289 e. The van der Waals surface area contributed by atoms with E-state index in [4.69, 9.17) is 16.0 Å². The molecule has 158 valence electrons. The molecule has 0 saturated carbocycles. The van der Waals surface area contributed by atoms with Crippen LogP contribution in [0, 0.1) is 0 Å². The molecule has 10 heteroatoms. The van der Waals surface area contributed by atoms with Gasteiger partial charge in [0, 0.05) is 24.0 Å². The zero-order chi connectivity index (χ0) is 21.4. The first-order chi connectivity index (χ1) is 15.1. The third-order valence-electron chi connectivity index (χ3n) is 5.51. The molecule has 4 heterocycles. The standard InChI is InChI=1S/C21H19ClN6O3/c22-15-4-1-3-13(11-15)12-28-19-17(25-26-28)20(29)24-18(23-19)14-6-8-27(9-7-14)21(30)16-5-2-10-31-16/h1-5,10-11,14H,6-9,12H2,(H,23,24,29). The highest BCUT2D eigenvalue weighted by Gasteiger charge is 2.28. The summed E-state index contributed by atoms with van der Waals surface area (Å²) in [6, 6.07) is 10.8. The number of aromatic amines is 1. The van der Waals surface area contributed by atoms with E-state index >= 15 is 0 Å². The van der Waals surface area contributed by atoms with Gasteiger partial charge in [-0.05, 0) is 42.7 Å². The molecule has 1 aromatic carbocycles. The molecule has 0 bridgehead atoms. The molecule has 3 aromatic heterocycles. The van der Waals surface area contributed by atoms with Crippen LogP contribution in [0.25, 0.3) is 11.2 Å². The molecule has 31 heavy (non-hydrogen) atoms. The Balaban J connectivity index is 1.37. The van der Waals surface area contributed by atoms with E-state index < -0.39 is 0 Å². The molecule has 1 N–H and O–H groups in total. The fourth-order valence-electron chi connectivity index (χ4n) is 3.90. The van der Waals surface area contributed by atoms with E-state index in [2.05, 4.69) is 20.3 Å². The van der Waals surface area contributed by atoms with Crippen LogP contribution in [0.4, 0.5) is 0 Å². The highest BCUT2D eigenvalue weighted by Crippen LogP contribution is 2.26. The van der Waals surface area contributed by atoms with Crippen molar-refractivity contribution in [1.82, 2.24) is 29.9 Å². The minimum atomic E-state index is -0.313. The summed E-state index contributed by atoms with van der Waals surface area (Å²) in [5.74, 6) is 0.844. The van der Waals surface area contributed by atoms with Gasteiger partial charge in [-0.15, -0.1) is 5.10 Å². The van der Waals surface area contributed by atoms with E-state index in [-0.39, 0.29) is 22.9 Å². The fraction of sp³-hybridized carbons (Fsp3) is 0.286. The lowest BCUT2D eigenvalue weighted by Crippen LogP contribution is -2.38. The third-order valence-corrected chi connectivity index (χ3v) is 5.75. The number of halogens is 1. The highest BCUT2D eigenvalue weighted by atomic mass is 35.5. The number of likely N-dealkylation sites (tertiary alicyclic amines) is 1. The molecule has 0 radical (unpaired) electrons. The van der Waals surface area contributed by atoms with E-state index in [0.29, 0.717) is 54.7 Å². The van der Waals surface area contributed by atoms with Gasteiger partial charge in [0.2, 0.25) is 0 Å². The van der Waals surface area contributed by atoms with E-state index in [0.717, 1.165) is 5.56 Å². The molecule has 5 rings (SSSR count). The highest BCUT2D eigenvalue weighted by molar-refractivity contribution is 6.30. The number of hydrogen-bond acceptors (Lipinski definition) is 6. The zero-order valence-corrected chi connectivity index (χ0v) is 17.2. The SMILES string of the molecule is O=C(c1ccco1)N1CCC(c2nc3c(nnn3Cc3cccc(Cl)c3)c(=O)[nH]2)CC1. The lowest BCUT2D eigenvalue weighted by Gasteiger charge is -2.30. The topological polar surface area (TPSA) is 110 Å². The molecule has 0 aliphatic carbocycles. The average molecular weight is 439 g/mol. The van der Waals surface area contributed by atoms with Gasteiger partial charge in [-0.3, -0.25) is 9.59 Å². The van der Waals surface area contributed by atoms with E-state index in [1.165, 1.54) is 6.26 Å². The first kappa shape index (κ1) is 19.5. The van der Waals surface area contributed by atoms with Crippen molar-refractivity contribution in [2.75, 3.05) is 13.1 Å². The van der Waals surface area contributed by atoms with Crippen LogP contribution in [-0.2, 0) is 6.54 Å². The molecule has 1 aliphatic heterocycles. The summed E-state index contributed by atoms with van der Waals surface area (Å²) in [5.41, 5.74) is 1.27. The summed E-state index contributed by atoms with van der Waals surface area (Å²) >= 11 is 6.07. The van der Waals surface area contributed by atoms with Crippen LogP contribution in [0.1, 0.15) is 40.7 Å². The van der Waals surface area contributed by atoms with Gasteiger partial charge in [0.1, 0.15) is 5.82 Å². The van der Waals surface area contributed by atoms with Gasteiger partial charge in [0.05, 0.1) is 12.8 Å². The predicted octanol–water partition coefficient (Wildman–Crippen LogP) is 2.83. The first-order valence-corrected chi connectivity index (χ1v) is 10.4. The van der Waals surface area contributed by atoms with Crippen LogP contribution in [0.15, 0.2) is 51.9 Å². The number of fused-ring (bicyclic) bond motifs is 1. The summed E-state index contributed by atoms with van der Waals surface area (Å²) in [5, 5.41) is 8.73. The van der Waals surface area contributed by atoms with Crippen molar-refractivity contribution in [3.8, 4) is 0 Å². The number of furan rings is 1. The Kier molecular flexibility index (Phi) is 5.03. The molecule has 1 saturated heterocycles. The number of hydrogen-bond donors (Lipinski definition) is 1. The maximum atomic E-state index is 12.6. The Morgan fingerprint density at radius 2 is 2.06 bits per heavy atom. The largest absolute Gasteiger partial charge is 0.459 e. The average Bonchev–Trinajstić information content (AvgIpc) is 3.44. The molecule has 0 unspecified atom stereocenters. The first-order valence-electron chi connectivity index (χ1n) is 9.99. The van der Waals surface area contributed by atoms with Crippen molar-refractivity contribution < 1.29 is 9.21 Å². The summed E-state index contributed by atoms with van der Waals surface area (Å²) in [4.78, 5) is 34.3. The third kappa shape index (κ3) is 3.84. The number of piperidine rings is 1. The molecular weight excluding hydrogens is 420 g/mol. The lowest BCUT2D eigenvalue weighted by atomic mass is 9.95. The van der Waals surface area contributed by atoms with E-state index in [1.807, 2.05) is 18.2 Å². The molecule has 9 nitrogen and oxygen atoms in total. The number of benzene rings is 1. The van der Waals surface area contributed by atoms with Gasteiger partial charge in [-0.1, -0.05) is 28.9 Å². The van der Waals surface area contributed by atoms with Crippen molar-refractivity contribution in [1.29, 1.82) is 0 Å². The number of rotatable bonds is 4. The maximum absolute atomic E-state index is 12.6. The molecule has 0 spiro atoms. The van der Waals surface area contributed by atoms with Crippen molar-refractivity contribution in [3.05, 3.63) is 75.2 Å². The van der Waals surface area contributed by atoms with Crippen molar-refractivity contribution >= 4 is 28.7 Å². The predicted molar refractivity (Wildman–Crippen MR) is 113 cm³/mol. The van der Waals surface area contributed by atoms with Gasteiger partial charge in [-0.25, -0.2) is 9.67 Å². The van der Waals surface area contributed by atoms with Gasteiger partial charge in [-0.2, -0.15) is 0 Å². The number of amides is 1. The zero-order valence-electron chi connectivity index (χ0n) is 16.5. The van der Waals surface area contributed by atoms with Crippen LogP contribution < -0.4 is 5.56 Å². The summed E-state index contributed by atoms with van der Waals surface area (Å²) in [6.07, 6.45) is 2.87. The van der Waals surface area contributed by atoms with Crippen LogP contribution >= 0.6 is 11.6 Å². The Labute approximate surface area is 181 Å². The van der Waals surface area contributed by atoms with Crippen LogP contribution in [0.3, 0.4) is 0 Å². The number of carbonyl (C=O) groups excluding carboxylic acids is 1. The number of nitrogens with one attached hydrogen (secondary N) is 1. The number of H-pyrrole nitrogens is 1. The lowest BCUT2D eigenvalue weighted by molar-refractivity contribution is 0.0679. The Hall–Kier alpha value is -3.46. The van der Waals surface area contributed by atoms with Gasteiger partial charge in [0.15, 0.2) is 16.9 Å². The van der Waals surface area contributed by atoms with Crippen LogP contribution in [-0.4, -0.2) is 48.9 Å². The van der Waals surface area contributed by atoms with Gasteiger partial charge >= 0.3 is 0 Å². The molecule has 1 amide bonds. The molecule has 0 atom stereocenters. The van der Waals surface area contributed by atoms with Crippen molar-refractivity contribution in [2.45, 2.75) is 25.3 Å². The van der Waals surface area contributed by atoms with E-state index in [9.17, 15) is 9.59 Å². The molecular formula is C21H19ClN6O3. The Morgan fingerprint density at radius 1 is 1.23 bits per heavy atom.